The lowest BCUT2D eigenvalue weighted by atomic mass is 9.98. The van der Waals surface area contributed by atoms with E-state index in [1.807, 2.05) is 33.8 Å². The second kappa shape index (κ2) is 9.69. The van der Waals surface area contributed by atoms with E-state index in [4.69, 9.17) is 9.47 Å². The Morgan fingerprint density at radius 1 is 0.929 bits per heavy atom. The molecular formula is C22H25NO5. The first-order chi connectivity index (χ1) is 13.3. The van der Waals surface area contributed by atoms with E-state index in [9.17, 15) is 14.4 Å². The molecule has 0 saturated carbocycles. The van der Waals surface area contributed by atoms with Gasteiger partial charge in [0.1, 0.15) is 12.3 Å². The van der Waals surface area contributed by atoms with Crippen LogP contribution >= 0.6 is 0 Å². The first-order valence-electron chi connectivity index (χ1n) is 9.10. The van der Waals surface area contributed by atoms with Crippen LogP contribution in [-0.2, 0) is 9.53 Å². The normalized spacial score (nSPS) is 10.3. The van der Waals surface area contributed by atoms with E-state index in [0.29, 0.717) is 23.5 Å². The molecule has 0 aromatic heterocycles. The van der Waals surface area contributed by atoms with Crippen molar-refractivity contribution in [2.45, 2.75) is 27.7 Å². The summed E-state index contributed by atoms with van der Waals surface area (Å²) < 4.78 is 10.4. The monoisotopic (exact) mass is 383 g/mol. The molecule has 0 saturated heterocycles. The van der Waals surface area contributed by atoms with Gasteiger partial charge in [-0.05, 0) is 62.6 Å². The number of ketones is 1. The molecule has 148 valence electrons. The van der Waals surface area contributed by atoms with E-state index in [0.717, 1.165) is 16.7 Å². The Bertz CT molecular complexity index is 888. The molecule has 0 unspecified atom stereocenters. The smallest absolute Gasteiger partial charge is 0.325 e. The molecule has 2 aromatic rings. The Hall–Kier alpha value is -3.15. The summed E-state index contributed by atoms with van der Waals surface area (Å²) >= 11 is 0. The van der Waals surface area contributed by atoms with E-state index < -0.39 is 11.9 Å². The number of benzene rings is 2. The van der Waals surface area contributed by atoms with Gasteiger partial charge < -0.3 is 14.8 Å². The van der Waals surface area contributed by atoms with Crippen LogP contribution in [0.3, 0.4) is 0 Å². The lowest BCUT2D eigenvalue weighted by molar-refractivity contribution is -0.141. The van der Waals surface area contributed by atoms with Crippen LogP contribution in [-0.4, -0.2) is 37.4 Å². The predicted octanol–water partition coefficient (Wildman–Crippen LogP) is 3.17. The molecular weight excluding hydrogens is 358 g/mol. The number of ether oxygens (including phenoxy) is 2. The maximum Gasteiger partial charge on any atom is 0.325 e. The SMILES string of the molecule is CCOc1ccccc1C(=O)NCC(=O)OCC(=O)c1cc(C)c(C)cc1C. The van der Waals surface area contributed by atoms with Gasteiger partial charge >= 0.3 is 5.97 Å². The minimum absolute atomic E-state index is 0.276. The number of nitrogens with one attached hydrogen (secondary N) is 1. The fourth-order valence-electron chi connectivity index (χ4n) is 2.72. The van der Waals surface area contributed by atoms with Gasteiger partial charge in [0.15, 0.2) is 6.61 Å². The topological polar surface area (TPSA) is 81.7 Å². The van der Waals surface area contributed by atoms with Gasteiger partial charge in [-0.25, -0.2) is 0 Å². The Morgan fingerprint density at radius 3 is 2.32 bits per heavy atom. The Morgan fingerprint density at radius 2 is 1.61 bits per heavy atom. The lowest BCUT2D eigenvalue weighted by Gasteiger charge is -2.11. The molecule has 1 N–H and O–H groups in total. The third-order valence-electron chi connectivity index (χ3n) is 4.33. The van der Waals surface area contributed by atoms with Gasteiger partial charge in [0.25, 0.3) is 5.91 Å². The molecule has 28 heavy (non-hydrogen) atoms. The number of Topliss-reactive ketones (excluding diaryl/α,β-unsaturated/α-hetero) is 1. The molecule has 6 heteroatoms. The van der Waals surface area contributed by atoms with E-state index in [2.05, 4.69) is 5.32 Å². The van der Waals surface area contributed by atoms with Gasteiger partial charge in [-0.2, -0.15) is 0 Å². The molecule has 2 rings (SSSR count). The average Bonchev–Trinajstić information content (AvgIpc) is 2.67. The predicted molar refractivity (Wildman–Crippen MR) is 106 cm³/mol. The van der Waals surface area contributed by atoms with E-state index >= 15 is 0 Å². The molecule has 0 bridgehead atoms. The second-order valence-corrected chi connectivity index (χ2v) is 6.45. The lowest BCUT2D eigenvalue weighted by Crippen LogP contribution is -2.31. The molecule has 1 amide bonds. The van der Waals surface area contributed by atoms with Crippen LogP contribution in [0.5, 0.6) is 5.75 Å². The Labute approximate surface area is 164 Å². The van der Waals surface area contributed by atoms with Crippen LogP contribution in [0, 0.1) is 20.8 Å². The van der Waals surface area contributed by atoms with Gasteiger partial charge in [0.2, 0.25) is 5.78 Å². The molecule has 0 atom stereocenters. The van der Waals surface area contributed by atoms with E-state index in [1.165, 1.54) is 0 Å². The summed E-state index contributed by atoms with van der Waals surface area (Å²) in [4.78, 5) is 36.5. The zero-order valence-corrected chi connectivity index (χ0v) is 16.6. The number of aryl methyl sites for hydroxylation is 3. The van der Waals surface area contributed by atoms with Crippen molar-refractivity contribution in [2.24, 2.45) is 0 Å². The number of esters is 1. The maximum atomic E-state index is 12.3. The van der Waals surface area contributed by atoms with E-state index in [-0.39, 0.29) is 18.9 Å². The fourth-order valence-corrected chi connectivity index (χ4v) is 2.72. The summed E-state index contributed by atoms with van der Waals surface area (Å²) in [5.41, 5.74) is 3.80. The quantitative estimate of drug-likeness (QED) is 0.559. The van der Waals surface area contributed by atoms with Crippen LogP contribution in [0.2, 0.25) is 0 Å². The van der Waals surface area contributed by atoms with Crippen molar-refractivity contribution in [2.75, 3.05) is 19.8 Å². The van der Waals surface area contributed by atoms with Crippen molar-refractivity contribution in [1.29, 1.82) is 0 Å². The van der Waals surface area contributed by atoms with Crippen molar-refractivity contribution in [3.8, 4) is 5.75 Å². The van der Waals surface area contributed by atoms with Crippen molar-refractivity contribution in [1.82, 2.24) is 5.32 Å². The summed E-state index contributed by atoms with van der Waals surface area (Å²) in [6, 6.07) is 10.5. The number of hydrogen-bond acceptors (Lipinski definition) is 5. The van der Waals surface area contributed by atoms with Gasteiger partial charge in [-0.3, -0.25) is 14.4 Å². The third-order valence-corrected chi connectivity index (χ3v) is 4.33. The highest BCUT2D eigenvalue weighted by molar-refractivity contribution is 6.00. The zero-order valence-electron chi connectivity index (χ0n) is 16.6. The molecule has 0 aliphatic heterocycles. The summed E-state index contributed by atoms with van der Waals surface area (Å²) in [6.45, 7) is 7.28. The maximum absolute atomic E-state index is 12.3. The van der Waals surface area contributed by atoms with Gasteiger partial charge in [-0.1, -0.05) is 18.2 Å². The fraction of sp³-hybridized carbons (Fsp3) is 0.318. The standard InChI is InChI=1S/C22H25NO5/c1-5-27-20-9-7-6-8-17(20)22(26)23-12-21(25)28-13-19(24)18-11-15(3)14(2)10-16(18)4/h6-11H,5,12-13H2,1-4H3,(H,23,26). The minimum atomic E-state index is -0.683. The number of para-hydroxylation sites is 1. The highest BCUT2D eigenvalue weighted by Gasteiger charge is 2.16. The highest BCUT2D eigenvalue weighted by atomic mass is 16.5. The molecule has 0 fully saturated rings. The average molecular weight is 383 g/mol. The third kappa shape index (κ3) is 5.42. The molecule has 0 heterocycles. The first kappa shape index (κ1) is 21.2. The first-order valence-corrected chi connectivity index (χ1v) is 9.10. The zero-order chi connectivity index (χ0) is 20.7. The molecule has 2 aromatic carbocycles. The minimum Gasteiger partial charge on any atom is -0.493 e. The number of rotatable bonds is 8. The largest absolute Gasteiger partial charge is 0.493 e. The molecule has 0 radical (unpaired) electrons. The van der Waals surface area contributed by atoms with Crippen molar-refractivity contribution in [3.05, 3.63) is 64.2 Å². The number of carbonyl (C=O) groups is 3. The molecule has 6 nitrogen and oxygen atoms in total. The summed E-state index contributed by atoms with van der Waals surface area (Å²) in [7, 11) is 0. The molecule has 0 aliphatic rings. The number of carbonyl (C=O) groups excluding carboxylic acids is 3. The van der Waals surface area contributed by atoms with E-state index in [1.54, 1.807) is 30.3 Å². The van der Waals surface area contributed by atoms with Crippen LogP contribution in [0.4, 0.5) is 0 Å². The summed E-state index contributed by atoms with van der Waals surface area (Å²) in [5.74, 6) is -0.965. The highest BCUT2D eigenvalue weighted by Crippen LogP contribution is 2.18. The van der Waals surface area contributed by atoms with Gasteiger partial charge in [0, 0.05) is 5.56 Å². The van der Waals surface area contributed by atoms with Gasteiger partial charge in [0.05, 0.1) is 12.2 Å². The van der Waals surface area contributed by atoms with Crippen LogP contribution in [0.15, 0.2) is 36.4 Å². The van der Waals surface area contributed by atoms with Crippen molar-refractivity contribution >= 4 is 17.7 Å². The van der Waals surface area contributed by atoms with Crippen molar-refractivity contribution in [3.63, 3.8) is 0 Å². The Kier molecular flexibility index (Phi) is 7.32. The van der Waals surface area contributed by atoms with Gasteiger partial charge in [-0.15, -0.1) is 0 Å². The summed E-state index contributed by atoms with van der Waals surface area (Å²) in [6.07, 6.45) is 0. The number of amides is 1. The number of hydrogen-bond donors (Lipinski definition) is 1. The Balaban J connectivity index is 1.89. The van der Waals surface area contributed by atoms with Crippen molar-refractivity contribution < 1.29 is 23.9 Å². The summed E-state index contributed by atoms with van der Waals surface area (Å²) in [5, 5.41) is 2.48. The van der Waals surface area contributed by atoms with Crippen LogP contribution < -0.4 is 10.1 Å². The van der Waals surface area contributed by atoms with Crippen LogP contribution in [0.25, 0.3) is 0 Å². The second-order valence-electron chi connectivity index (χ2n) is 6.45. The van der Waals surface area contributed by atoms with Crippen LogP contribution in [0.1, 0.15) is 44.3 Å². The molecule has 0 aliphatic carbocycles. The molecule has 0 spiro atoms.